The van der Waals surface area contributed by atoms with Crippen LogP contribution in [-0.4, -0.2) is 34.3 Å². The number of hydrogen-bond donors (Lipinski definition) is 0. The molecule has 0 saturated carbocycles. The molecule has 0 N–H and O–H groups in total. The van der Waals surface area contributed by atoms with Crippen LogP contribution in [0.3, 0.4) is 0 Å². The highest BCUT2D eigenvalue weighted by molar-refractivity contribution is 5.59. The molecule has 22 heavy (non-hydrogen) atoms. The van der Waals surface area contributed by atoms with Crippen LogP contribution in [-0.2, 0) is 6.54 Å². The summed E-state index contributed by atoms with van der Waals surface area (Å²) in [6.45, 7) is 0.461. The van der Waals surface area contributed by atoms with E-state index in [1.807, 2.05) is 43.3 Å². The third-order valence-corrected chi connectivity index (χ3v) is 3.33. The van der Waals surface area contributed by atoms with E-state index in [0.717, 1.165) is 16.8 Å². The maximum absolute atomic E-state index is 12.9. The largest absolute Gasteiger partial charge is 0.378 e. The molecule has 0 aliphatic rings. The number of nitrogens with zero attached hydrogens (tertiary/aromatic N) is 5. The van der Waals surface area contributed by atoms with Gasteiger partial charge in [-0.25, -0.2) is 4.39 Å². The summed E-state index contributed by atoms with van der Waals surface area (Å²) < 4.78 is 12.9. The van der Waals surface area contributed by atoms with Gasteiger partial charge in [-0.3, -0.25) is 0 Å². The van der Waals surface area contributed by atoms with E-state index in [9.17, 15) is 4.39 Å². The first-order valence-corrected chi connectivity index (χ1v) is 6.92. The Labute approximate surface area is 128 Å². The third kappa shape index (κ3) is 3.11. The molecule has 112 valence electrons. The Morgan fingerprint density at radius 1 is 1.00 bits per heavy atom. The second-order valence-electron chi connectivity index (χ2n) is 5.21. The van der Waals surface area contributed by atoms with E-state index in [-0.39, 0.29) is 5.82 Å². The lowest BCUT2D eigenvalue weighted by Crippen LogP contribution is -2.08. The Kier molecular flexibility index (Phi) is 3.82. The highest BCUT2D eigenvalue weighted by Gasteiger charge is 2.07. The lowest BCUT2D eigenvalue weighted by molar-refractivity contribution is 0.570. The molecule has 3 rings (SSSR count). The Balaban J connectivity index is 1.77. The van der Waals surface area contributed by atoms with Gasteiger partial charge in [-0.1, -0.05) is 12.1 Å². The molecule has 2 aromatic carbocycles. The molecule has 6 heteroatoms. The van der Waals surface area contributed by atoms with Gasteiger partial charge in [0.15, 0.2) is 0 Å². The fourth-order valence-electron chi connectivity index (χ4n) is 2.09. The van der Waals surface area contributed by atoms with E-state index in [2.05, 4.69) is 15.4 Å². The van der Waals surface area contributed by atoms with Gasteiger partial charge in [0.2, 0.25) is 5.82 Å². The maximum Gasteiger partial charge on any atom is 0.204 e. The zero-order valence-corrected chi connectivity index (χ0v) is 12.4. The van der Waals surface area contributed by atoms with E-state index in [1.54, 1.807) is 12.1 Å². The van der Waals surface area contributed by atoms with Gasteiger partial charge in [-0.05, 0) is 47.2 Å². The van der Waals surface area contributed by atoms with Crippen molar-refractivity contribution in [3.8, 4) is 11.4 Å². The summed E-state index contributed by atoms with van der Waals surface area (Å²) in [5.74, 6) is 0.324. The second-order valence-corrected chi connectivity index (χ2v) is 5.21. The Hall–Kier alpha value is -2.76. The topological polar surface area (TPSA) is 46.8 Å². The van der Waals surface area contributed by atoms with Crippen LogP contribution < -0.4 is 4.90 Å². The quantitative estimate of drug-likeness (QED) is 0.742. The zero-order valence-electron chi connectivity index (χ0n) is 12.4. The molecule has 0 radical (unpaired) electrons. The van der Waals surface area contributed by atoms with E-state index < -0.39 is 0 Å². The number of tetrazole rings is 1. The van der Waals surface area contributed by atoms with E-state index in [4.69, 9.17) is 0 Å². The fraction of sp³-hybridized carbons (Fsp3) is 0.188. The summed E-state index contributed by atoms with van der Waals surface area (Å²) in [6, 6.07) is 14.2. The van der Waals surface area contributed by atoms with Crippen molar-refractivity contribution >= 4 is 5.69 Å². The first kappa shape index (κ1) is 14.2. The normalized spacial score (nSPS) is 10.7. The van der Waals surface area contributed by atoms with Gasteiger partial charge in [0.1, 0.15) is 5.82 Å². The minimum atomic E-state index is -0.253. The Morgan fingerprint density at radius 2 is 1.68 bits per heavy atom. The van der Waals surface area contributed by atoms with E-state index in [1.165, 1.54) is 16.9 Å². The van der Waals surface area contributed by atoms with Crippen LogP contribution >= 0.6 is 0 Å². The van der Waals surface area contributed by atoms with Gasteiger partial charge in [-0.2, -0.15) is 4.80 Å². The van der Waals surface area contributed by atoms with Gasteiger partial charge < -0.3 is 4.90 Å². The summed E-state index contributed by atoms with van der Waals surface area (Å²) in [4.78, 5) is 3.53. The summed E-state index contributed by atoms with van der Waals surface area (Å²) in [5, 5.41) is 12.5. The Morgan fingerprint density at radius 3 is 2.32 bits per heavy atom. The number of hydrogen-bond acceptors (Lipinski definition) is 4. The van der Waals surface area contributed by atoms with Crippen LogP contribution in [0.5, 0.6) is 0 Å². The lowest BCUT2D eigenvalue weighted by Gasteiger charge is -2.11. The molecule has 0 saturated heterocycles. The molecule has 3 aromatic rings. The average molecular weight is 297 g/mol. The van der Waals surface area contributed by atoms with Gasteiger partial charge in [0, 0.05) is 25.3 Å². The standard InChI is InChI=1S/C16H16FN5/c1-21(2)15-9-5-13(6-10-15)16-18-20-22(19-16)11-12-3-7-14(17)8-4-12/h3-10H,11H2,1-2H3. The number of aromatic nitrogens is 4. The van der Waals surface area contributed by atoms with Crippen molar-refractivity contribution in [1.29, 1.82) is 0 Å². The number of halogens is 1. The predicted molar refractivity (Wildman–Crippen MR) is 83.1 cm³/mol. The molecule has 0 aliphatic heterocycles. The first-order valence-electron chi connectivity index (χ1n) is 6.92. The van der Waals surface area contributed by atoms with Crippen LogP contribution in [0.4, 0.5) is 10.1 Å². The highest BCUT2D eigenvalue weighted by atomic mass is 19.1. The van der Waals surface area contributed by atoms with Crippen molar-refractivity contribution in [1.82, 2.24) is 20.2 Å². The van der Waals surface area contributed by atoms with Gasteiger partial charge in [0.25, 0.3) is 0 Å². The van der Waals surface area contributed by atoms with Gasteiger partial charge in [0.05, 0.1) is 6.54 Å². The average Bonchev–Trinajstić information content (AvgIpc) is 2.98. The van der Waals surface area contributed by atoms with Crippen molar-refractivity contribution in [2.24, 2.45) is 0 Å². The van der Waals surface area contributed by atoms with Crippen LogP contribution in [0.25, 0.3) is 11.4 Å². The molecule has 0 bridgehead atoms. The smallest absolute Gasteiger partial charge is 0.204 e. The molecule has 5 nitrogen and oxygen atoms in total. The zero-order chi connectivity index (χ0) is 15.5. The van der Waals surface area contributed by atoms with Crippen LogP contribution in [0, 0.1) is 5.82 Å². The van der Waals surface area contributed by atoms with Crippen molar-refractivity contribution in [2.45, 2.75) is 6.54 Å². The molecule has 1 aromatic heterocycles. The Bertz CT molecular complexity index is 747. The molecule has 0 spiro atoms. The summed E-state index contributed by atoms with van der Waals surface area (Å²) in [7, 11) is 3.98. The van der Waals surface area contributed by atoms with Crippen LogP contribution in [0.15, 0.2) is 48.5 Å². The van der Waals surface area contributed by atoms with Crippen LogP contribution in [0.1, 0.15) is 5.56 Å². The molecule has 0 amide bonds. The monoisotopic (exact) mass is 297 g/mol. The van der Waals surface area contributed by atoms with Crippen molar-refractivity contribution in [2.75, 3.05) is 19.0 Å². The van der Waals surface area contributed by atoms with E-state index >= 15 is 0 Å². The summed E-state index contributed by atoms with van der Waals surface area (Å²) in [5.41, 5.74) is 2.95. The number of benzene rings is 2. The molecule has 0 atom stereocenters. The molecular formula is C16H16FN5. The van der Waals surface area contributed by atoms with Crippen molar-refractivity contribution < 1.29 is 4.39 Å². The number of anilines is 1. The van der Waals surface area contributed by atoms with E-state index in [0.29, 0.717) is 12.4 Å². The predicted octanol–water partition coefficient (Wildman–Crippen LogP) is 2.59. The highest BCUT2D eigenvalue weighted by Crippen LogP contribution is 2.18. The summed E-state index contributed by atoms with van der Waals surface area (Å²) >= 11 is 0. The first-order chi connectivity index (χ1) is 10.6. The minimum Gasteiger partial charge on any atom is -0.378 e. The molecule has 0 aliphatic carbocycles. The second kappa shape index (κ2) is 5.93. The van der Waals surface area contributed by atoms with Crippen molar-refractivity contribution in [3.05, 3.63) is 59.9 Å². The lowest BCUT2D eigenvalue weighted by atomic mass is 10.2. The fourth-order valence-corrected chi connectivity index (χ4v) is 2.09. The molecule has 0 fully saturated rings. The molecule has 0 unspecified atom stereocenters. The van der Waals surface area contributed by atoms with Gasteiger partial charge >= 0.3 is 0 Å². The minimum absolute atomic E-state index is 0.253. The SMILES string of the molecule is CN(C)c1ccc(-c2nnn(Cc3ccc(F)cc3)n2)cc1. The van der Waals surface area contributed by atoms with Crippen molar-refractivity contribution in [3.63, 3.8) is 0 Å². The number of rotatable bonds is 4. The van der Waals surface area contributed by atoms with Gasteiger partial charge in [-0.15, -0.1) is 10.2 Å². The maximum atomic E-state index is 12.9. The molecule has 1 heterocycles. The summed E-state index contributed by atoms with van der Waals surface area (Å²) in [6.07, 6.45) is 0. The third-order valence-electron chi connectivity index (χ3n) is 3.33. The van der Waals surface area contributed by atoms with Crippen LogP contribution in [0.2, 0.25) is 0 Å². The molecular weight excluding hydrogens is 281 g/mol.